The molecule has 3 aliphatic rings. The van der Waals surface area contributed by atoms with E-state index >= 15 is 0 Å². The summed E-state index contributed by atoms with van der Waals surface area (Å²) in [6, 6.07) is 2.50. The number of ether oxygens (including phenoxy) is 1. The minimum atomic E-state index is -0.500. The number of rotatable bonds is 2. The van der Waals surface area contributed by atoms with Crippen molar-refractivity contribution in [2.45, 2.75) is 38.3 Å². The van der Waals surface area contributed by atoms with Gasteiger partial charge in [0.1, 0.15) is 0 Å². The highest BCUT2D eigenvalue weighted by Crippen LogP contribution is 2.49. The molecule has 1 amide bonds. The van der Waals surface area contributed by atoms with Crippen LogP contribution in [-0.2, 0) is 17.7 Å². The lowest BCUT2D eigenvalue weighted by Gasteiger charge is -2.50. The van der Waals surface area contributed by atoms with Crippen molar-refractivity contribution in [3.05, 3.63) is 29.1 Å². The smallest absolute Gasteiger partial charge is 0.276 e. The van der Waals surface area contributed by atoms with Gasteiger partial charge in [-0.2, -0.15) is 0 Å². The molecule has 0 unspecified atom stereocenters. The first-order chi connectivity index (χ1) is 10.7. The van der Waals surface area contributed by atoms with Crippen LogP contribution in [0.4, 0.5) is 0 Å². The van der Waals surface area contributed by atoms with Crippen LogP contribution < -0.4 is 5.48 Å². The molecule has 2 fully saturated rings. The van der Waals surface area contributed by atoms with Crippen LogP contribution in [0.3, 0.4) is 0 Å². The van der Waals surface area contributed by atoms with Gasteiger partial charge < -0.3 is 4.74 Å². The van der Waals surface area contributed by atoms with E-state index in [1.54, 1.807) is 11.7 Å². The number of carbonyl (C=O) groups excluding carboxylic acids is 1. The Hall–Kier alpha value is -1.50. The van der Waals surface area contributed by atoms with Gasteiger partial charge in [-0.05, 0) is 42.7 Å². The van der Waals surface area contributed by atoms with Crippen molar-refractivity contribution in [2.24, 2.45) is 5.41 Å². The van der Waals surface area contributed by atoms with E-state index in [1.807, 2.05) is 6.07 Å². The first-order valence-electron chi connectivity index (χ1n) is 7.93. The lowest BCUT2D eigenvalue weighted by molar-refractivity contribution is -0.0130. The van der Waals surface area contributed by atoms with Crippen LogP contribution in [0.5, 0.6) is 0 Å². The molecule has 6 nitrogen and oxygen atoms in total. The van der Waals surface area contributed by atoms with Crippen LogP contribution in [0, 0.1) is 5.41 Å². The third kappa shape index (κ3) is 2.31. The highest BCUT2D eigenvalue weighted by atomic mass is 16.5. The normalized spacial score (nSPS) is 30.9. The molecule has 0 aromatic carbocycles. The molecule has 6 heteroatoms. The van der Waals surface area contributed by atoms with Gasteiger partial charge in [-0.15, -0.1) is 0 Å². The Morgan fingerprint density at radius 2 is 2.36 bits per heavy atom. The number of hydroxylamine groups is 1. The standard InChI is InChI=1S/C16H21N3O3/c20-15(18-21)12-5-11-1-3-19(9-14(11)17-8-12)13-6-16(7-13)2-4-22-10-16/h5,8,13,21H,1-4,6-7,9-10H2,(H,18,20)/t13-,16-. The average molecular weight is 303 g/mol. The predicted molar refractivity (Wildman–Crippen MR) is 78.5 cm³/mol. The number of fused-ring (bicyclic) bond motifs is 1. The summed E-state index contributed by atoms with van der Waals surface area (Å²) in [5.41, 5.74) is 4.72. The molecule has 22 heavy (non-hydrogen) atoms. The van der Waals surface area contributed by atoms with Crippen LogP contribution in [0.1, 0.15) is 40.9 Å². The largest absolute Gasteiger partial charge is 0.381 e. The lowest BCUT2D eigenvalue weighted by Crippen LogP contribution is -2.52. The molecule has 0 radical (unpaired) electrons. The van der Waals surface area contributed by atoms with Crippen LogP contribution in [0.15, 0.2) is 12.3 Å². The van der Waals surface area contributed by atoms with E-state index in [-0.39, 0.29) is 0 Å². The van der Waals surface area contributed by atoms with Gasteiger partial charge in [-0.3, -0.25) is 19.9 Å². The number of carbonyl (C=O) groups is 1. The SMILES string of the molecule is O=C(NO)c1cnc2c(c1)CCN([C@H]1C[C@@]3(CCOC3)C1)C2. The van der Waals surface area contributed by atoms with Crippen molar-refractivity contribution >= 4 is 5.91 Å². The van der Waals surface area contributed by atoms with Gasteiger partial charge in [0.05, 0.1) is 17.9 Å². The van der Waals surface area contributed by atoms with Crippen molar-refractivity contribution in [2.75, 3.05) is 19.8 Å². The van der Waals surface area contributed by atoms with Gasteiger partial charge in [0.2, 0.25) is 0 Å². The molecule has 2 aliphatic heterocycles. The van der Waals surface area contributed by atoms with E-state index < -0.39 is 5.91 Å². The molecule has 1 aromatic rings. The Labute approximate surface area is 129 Å². The highest BCUT2D eigenvalue weighted by molar-refractivity contribution is 5.93. The quantitative estimate of drug-likeness (QED) is 0.633. The molecule has 2 N–H and O–H groups in total. The molecule has 0 atom stereocenters. The van der Waals surface area contributed by atoms with Crippen LogP contribution >= 0.6 is 0 Å². The van der Waals surface area contributed by atoms with Gasteiger partial charge in [0.25, 0.3) is 5.91 Å². The van der Waals surface area contributed by atoms with E-state index in [1.165, 1.54) is 19.3 Å². The van der Waals surface area contributed by atoms with Crippen LogP contribution in [-0.4, -0.2) is 46.8 Å². The number of nitrogens with one attached hydrogen (secondary N) is 1. The summed E-state index contributed by atoms with van der Waals surface area (Å²) in [7, 11) is 0. The first-order valence-corrected chi connectivity index (χ1v) is 7.93. The van der Waals surface area contributed by atoms with Gasteiger partial charge >= 0.3 is 0 Å². The van der Waals surface area contributed by atoms with E-state index in [0.29, 0.717) is 17.0 Å². The van der Waals surface area contributed by atoms with Gasteiger partial charge in [-0.25, -0.2) is 5.48 Å². The lowest BCUT2D eigenvalue weighted by atomic mass is 9.64. The number of nitrogens with zero attached hydrogens (tertiary/aromatic N) is 2. The second-order valence-corrected chi connectivity index (χ2v) is 6.86. The molecule has 1 aromatic heterocycles. The van der Waals surface area contributed by atoms with Gasteiger partial charge in [-0.1, -0.05) is 0 Å². The van der Waals surface area contributed by atoms with E-state index in [4.69, 9.17) is 9.94 Å². The average Bonchev–Trinajstić information content (AvgIpc) is 3.01. The molecule has 4 rings (SSSR count). The second-order valence-electron chi connectivity index (χ2n) is 6.86. The van der Waals surface area contributed by atoms with Crippen molar-refractivity contribution in [3.63, 3.8) is 0 Å². The van der Waals surface area contributed by atoms with E-state index in [2.05, 4.69) is 9.88 Å². The molecule has 1 aliphatic carbocycles. The number of hydrogen-bond donors (Lipinski definition) is 2. The summed E-state index contributed by atoms with van der Waals surface area (Å²) in [4.78, 5) is 18.4. The molecule has 1 saturated heterocycles. The number of aromatic nitrogens is 1. The number of pyridine rings is 1. The second kappa shape index (κ2) is 5.30. The third-order valence-corrected chi connectivity index (χ3v) is 5.48. The van der Waals surface area contributed by atoms with Crippen molar-refractivity contribution in [1.82, 2.24) is 15.4 Å². The fraction of sp³-hybridized carbons (Fsp3) is 0.625. The fourth-order valence-corrected chi connectivity index (χ4v) is 4.10. The Morgan fingerprint density at radius 3 is 3.09 bits per heavy atom. The number of hydrogen-bond acceptors (Lipinski definition) is 5. The summed E-state index contributed by atoms with van der Waals surface area (Å²) in [5, 5.41) is 8.70. The molecular formula is C16H21N3O3. The summed E-state index contributed by atoms with van der Waals surface area (Å²) in [5.74, 6) is -0.500. The van der Waals surface area contributed by atoms with Crippen LogP contribution in [0.25, 0.3) is 0 Å². The summed E-state index contributed by atoms with van der Waals surface area (Å²) >= 11 is 0. The molecule has 0 bridgehead atoms. The number of amides is 1. The third-order valence-electron chi connectivity index (χ3n) is 5.48. The molecular weight excluding hydrogens is 282 g/mol. The highest BCUT2D eigenvalue weighted by Gasteiger charge is 2.48. The zero-order chi connectivity index (χ0) is 15.2. The zero-order valence-electron chi connectivity index (χ0n) is 12.5. The van der Waals surface area contributed by atoms with Gasteiger partial charge in [0.15, 0.2) is 0 Å². The maximum absolute atomic E-state index is 11.4. The Balaban J connectivity index is 1.43. The summed E-state index contributed by atoms with van der Waals surface area (Å²) in [6.45, 7) is 3.73. The molecule has 3 heterocycles. The maximum Gasteiger partial charge on any atom is 0.276 e. The predicted octanol–water partition coefficient (Wildman–Crippen LogP) is 1.13. The monoisotopic (exact) mass is 303 g/mol. The Bertz CT molecular complexity index is 590. The van der Waals surface area contributed by atoms with E-state index in [9.17, 15) is 4.79 Å². The first kappa shape index (κ1) is 14.1. The van der Waals surface area contributed by atoms with Gasteiger partial charge in [0, 0.05) is 31.9 Å². The summed E-state index contributed by atoms with van der Waals surface area (Å²) < 4.78 is 5.55. The van der Waals surface area contributed by atoms with Crippen LogP contribution in [0.2, 0.25) is 0 Å². The van der Waals surface area contributed by atoms with Crippen molar-refractivity contribution in [1.29, 1.82) is 0 Å². The summed E-state index contributed by atoms with van der Waals surface area (Å²) in [6.07, 6.45) is 6.16. The Morgan fingerprint density at radius 1 is 1.50 bits per heavy atom. The topological polar surface area (TPSA) is 74.7 Å². The minimum absolute atomic E-state index is 0.417. The fourth-order valence-electron chi connectivity index (χ4n) is 4.10. The van der Waals surface area contributed by atoms with Crippen molar-refractivity contribution < 1.29 is 14.7 Å². The minimum Gasteiger partial charge on any atom is -0.381 e. The Kier molecular flexibility index (Phi) is 3.40. The molecule has 118 valence electrons. The maximum atomic E-state index is 11.4. The molecule has 1 spiro atoms. The van der Waals surface area contributed by atoms with E-state index in [0.717, 1.165) is 44.0 Å². The zero-order valence-corrected chi connectivity index (χ0v) is 12.5. The molecule has 1 saturated carbocycles. The van der Waals surface area contributed by atoms with Crippen molar-refractivity contribution in [3.8, 4) is 0 Å².